The van der Waals surface area contributed by atoms with Crippen molar-refractivity contribution in [2.24, 2.45) is 11.7 Å². The molecule has 0 bridgehead atoms. The fourth-order valence-electron chi connectivity index (χ4n) is 2.96. The molecule has 2 N–H and O–H groups in total. The van der Waals surface area contributed by atoms with E-state index in [0.29, 0.717) is 12.1 Å². The number of nitrogens with zero attached hydrogens (tertiary/aromatic N) is 1. The van der Waals surface area contributed by atoms with E-state index in [-0.39, 0.29) is 12.1 Å². The SMILES string of the molecule is NC(=O)[C@@H]1Cc2ccccc2N(C(=O)c2cccc(C(F)(F)F)c2)C1. The van der Waals surface area contributed by atoms with Gasteiger partial charge in [-0.2, -0.15) is 13.2 Å². The number of amides is 2. The number of nitrogens with two attached hydrogens (primary N) is 1. The second-order valence-corrected chi connectivity index (χ2v) is 5.93. The Kier molecular flexibility index (Phi) is 4.24. The maximum absolute atomic E-state index is 12.9. The first-order valence-corrected chi connectivity index (χ1v) is 7.63. The molecule has 1 heterocycles. The molecule has 0 aliphatic carbocycles. The number of halogens is 3. The van der Waals surface area contributed by atoms with Gasteiger partial charge >= 0.3 is 6.18 Å². The fraction of sp³-hybridized carbons (Fsp3) is 0.222. The number of rotatable bonds is 2. The van der Waals surface area contributed by atoms with Gasteiger partial charge in [-0.15, -0.1) is 0 Å². The number of alkyl halides is 3. The van der Waals surface area contributed by atoms with E-state index in [0.717, 1.165) is 17.7 Å². The summed E-state index contributed by atoms with van der Waals surface area (Å²) in [5, 5.41) is 0. The van der Waals surface area contributed by atoms with Crippen LogP contribution in [0.2, 0.25) is 0 Å². The number of carbonyl (C=O) groups excluding carboxylic acids is 2. The van der Waals surface area contributed by atoms with Crippen molar-refractivity contribution in [2.45, 2.75) is 12.6 Å². The lowest BCUT2D eigenvalue weighted by Gasteiger charge is -2.33. The smallest absolute Gasteiger partial charge is 0.369 e. The van der Waals surface area contributed by atoms with Gasteiger partial charge in [0.2, 0.25) is 5.91 Å². The van der Waals surface area contributed by atoms with Crippen molar-refractivity contribution in [3.8, 4) is 0 Å². The molecule has 130 valence electrons. The number of primary amides is 1. The maximum atomic E-state index is 12.9. The highest BCUT2D eigenvalue weighted by atomic mass is 19.4. The summed E-state index contributed by atoms with van der Waals surface area (Å²) in [5.74, 6) is -1.72. The minimum atomic E-state index is -4.54. The first kappa shape index (κ1) is 17.0. The van der Waals surface area contributed by atoms with E-state index in [4.69, 9.17) is 5.73 Å². The van der Waals surface area contributed by atoms with Crippen molar-refractivity contribution in [1.29, 1.82) is 0 Å². The zero-order chi connectivity index (χ0) is 18.2. The molecule has 0 spiro atoms. The van der Waals surface area contributed by atoms with Crippen LogP contribution in [0.4, 0.5) is 18.9 Å². The summed E-state index contributed by atoms with van der Waals surface area (Å²) in [4.78, 5) is 25.7. The van der Waals surface area contributed by atoms with Gasteiger partial charge in [0.15, 0.2) is 0 Å². The number of hydrogen-bond acceptors (Lipinski definition) is 2. The Morgan fingerprint density at radius 2 is 1.80 bits per heavy atom. The number of benzene rings is 2. The summed E-state index contributed by atoms with van der Waals surface area (Å²) in [6, 6.07) is 11.2. The van der Waals surface area contributed by atoms with E-state index in [1.165, 1.54) is 17.0 Å². The highest BCUT2D eigenvalue weighted by Crippen LogP contribution is 2.33. The largest absolute Gasteiger partial charge is 0.416 e. The molecule has 0 saturated heterocycles. The summed E-state index contributed by atoms with van der Waals surface area (Å²) in [6.45, 7) is 0.0431. The van der Waals surface area contributed by atoms with E-state index in [9.17, 15) is 22.8 Å². The molecule has 0 saturated carbocycles. The van der Waals surface area contributed by atoms with Gasteiger partial charge in [0.05, 0.1) is 11.5 Å². The van der Waals surface area contributed by atoms with Crippen LogP contribution < -0.4 is 10.6 Å². The fourth-order valence-corrected chi connectivity index (χ4v) is 2.96. The van der Waals surface area contributed by atoms with E-state index in [1.54, 1.807) is 24.3 Å². The second kappa shape index (κ2) is 6.23. The van der Waals surface area contributed by atoms with Gasteiger partial charge in [0.1, 0.15) is 0 Å². The van der Waals surface area contributed by atoms with Gasteiger partial charge in [-0.3, -0.25) is 9.59 Å². The highest BCUT2D eigenvalue weighted by molar-refractivity contribution is 6.07. The van der Waals surface area contributed by atoms with Crippen LogP contribution in [-0.4, -0.2) is 18.4 Å². The lowest BCUT2D eigenvalue weighted by molar-refractivity contribution is -0.137. The van der Waals surface area contributed by atoms with Crippen molar-refractivity contribution < 1.29 is 22.8 Å². The zero-order valence-electron chi connectivity index (χ0n) is 13.1. The number of carbonyl (C=O) groups is 2. The van der Waals surface area contributed by atoms with Crippen LogP contribution in [0.3, 0.4) is 0 Å². The molecule has 3 rings (SSSR count). The quantitative estimate of drug-likeness (QED) is 0.907. The van der Waals surface area contributed by atoms with Crippen LogP contribution in [0.1, 0.15) is 21.5 Å². The first-order chi connectivity index (χ1) is 11.8. The van der Waals surface area contributed by atoms with Crippen LogP contribution in [0.5, 0.6) is 0 Å². The molecule has 2 aromatic carbocycles. The Hall–Kier alpha value is -2.83. The Balaban J connectivity index is 2.00. The molecular weight excluding hydrogens is 333 g/mol. The minimum Gasteiger partial charge on any atom is -0.369 e. The van der Waals surface area contributed by atoms with Crippen molar-refractivity contribution in [3.63, 3.8) is 0 Å². The molecule has 1 aliphatic rings. The maximum Gasteiger partial charge on any atom is 0.416 e. The van der Waals surface area contributed by atoms with Crippen LogP contribution in [0, 0.1) is 5.92 Å². The number of para-hydroxylation sites is 1. The number of fused-ring (bicyclic) bond motifs is 1. The molecule has 4 nitrogen and oxygen atoms in total. The lowest BCUT2D eigenvalue weighted by atomic mass is 9.91. The third kappa shape index (κ3) is 3.35. The van der Waals surface area contributed by atoms with Gasteiger partial charge in [0.25, 0.3) is 5.91 Å². The van der Waals surface area contributed by atoms with Gasteiger partial charge < -0.3 is 10.6 Å². The summed E-state index contributed by atoms with van der Waals surface area (Å²) in [7, 11) is 0. The highest BCUT2D eigenvalue weighted by Gasteiger charge is 2.34. The Labute approximate surface area is 142 Å². The Morgan fingerprint density at radius 1 is 1.08 bits per heavy atom. The van der Waals surface area contributed by atoms with Crippen molar-refractivity contribution in [3.05, 3.63) is 65.2 Å². The molecular formula is C18H15F3N2O2. The monoisotopic (exact) mass is 348 g/mol. The standard InChI is InChI=1S/C18H15F3N2O2/c19-18(20,21)14-6-3-5-12(9-14)17(25)23-10-13(16(22)24)8-11-4-1-2-7-15(11)23/h1-7,9,13H,8,10H2,(H2,22,24)/t13-/m1/s1. The average Bonchev–Trinajstić information content (AvgIpc) is 2.59. The van der Waals surface area contributed by atoms with Gasteiger partial charge in [-0.05, 0) is 36.2 Å². The van der Waals surface area contributed by atoms with Gasteiger partial charge in [-0.1, -0.05) is 24.3 Å². The zero-order valence-corrected chi connectivity index (χ0v) is 13.1. The lowest BCUT2D eigenvalue weighted by Crippen LogP contribution is -2.44. The van der Waals surface area contributed by atoms with Crippen LogP contribution >= 0.6 is 0 Å². The van der Waals surface area contributed by atoms with E-state index in [1.807, 2.05) is 0 Å². The third-order valence-electron chi connectivity index (χ3n) is 4.24. The second-order valence-electron chi connectivity index (χ2n) is 5.93. The average molecular weight is 348 g/mol. The number of anilines is 1. The summed E-state index contributed by atoms with van der Waals surface area (Å²) in [5.41, 5.74) is 5.75. The predicted octanol–water partition coefficient (Wildman–Crippen LogP) is 3.01. The van der Waals surface area contributed by atoms with Gasteiger partial charge in [-0.25, -0.2) is 0 Å². The molecule has 25 heavy (non-hydrogen) atoms. The van der Waals surface area contributed by atoms with Crippen molar-refractivity contribution in [1.82, 2.24) is 0 Å². The first-order valence-electron chi connectivity index (χ1n) is 7.63. The van der Waals surface area contributed by atoms with E-state index >= 15 is 0 Å². The molecule has 2 amide bonds. The van der Waals surface area contributed by atoms with Crippen molar-refractivity contribution in [2.75, 3.05) is 11.4 Å². The Morgan fingerprint density at radius 3 is 2.48 bits per heavy atom. The molecule has 0 unspecified atom stereocenters. The van der Waals surface area contributed by atoms with Crippen molar-refractivity contribution >= 4 is 17.5 Å². The normalized spacial score (nSPS) is 17.1. The van der Waals surface area contributed by atoms with E-state index in [2.05, 4.69) is 0 Å². The predicted molar refractivity (Wildman–Crippen MR) is 86.0 cm³/mol. The molecule has 0 radical (unpaired) electrons. The molecule has 1 aliphatic heterocycles. The van der Waals surface area contributed by atoms with E-state index < -0.39 is 29.5 Å². The van der Waals surface area contributed by atoms with Crippen LogP contribution in [0.25, 0.3) is 0 Å². The third-order valence-corrected chi connectivity index (χ3v) is 4.24. The van der Waals surface area contributed by atoms with Crippen LogP contribution in [0.15, 0.2) is 48.5 Å². The van der Waals surface area contributed by atoms with Crippen LogP contribution in [-0.2, 0) is 17.4 Å². The molecule has 0 aromatic heterocycles. The summed E-state index contributed by atoms with van der Waals surface area (Å²) in [6.07, 6.45) is -4.14. The number of hydrogen-bond donors (Lipinski definition) is 1. The Bertz CT molecular complexity index is 833. The topological polar surface area (TPSA) is 63.4 Å². The summed E-state index contributed by atoms with van der Waals surface area (Å²) < 4.78 is 38.7. The molecule has 7 heteroatoms. The summed E-state index contributed by atoms with van der Waals surface area (Å²) >= 11 is 0. The molecule has 1 atom stereocenters. The molecule has 0 fully saturated rings. The molecule has 2 aromatic rings. The van der Waals surface area contributed by atoms with Gasteiger partial charge in [0, 0.05) is 17.8 Å². The minimum absolute atomic E-state index is 0.0431.